The van der Waals surface area contributed by atoms with Crippen LogP contribution in [0.1, 0.15) is 16.1 Å². The number of alkyl halides is 3. The molecule has 0 atom stereocenters. The molecule has 0 saturated heterocycles. The summed E-state index contributed by atoms with van der Waals surface area (Å²) in [5.74, 6) is -0.663. The summed E-state index contributed by atoms with van der Waals surface area (Å²) >= 11 is 6.17. The SMILES string of the molecule is O=C(Nc1cnc(-n2nccn2)c(Cl)c1)c1cnn(-c2cccc(-c3ccco3)n2)c1C(F)(F)F. The molecule has 0 aliphatic rings. The number of anilines is 1. The number of amides is 1. The maximum Gasteiger partial charge on any atom is 0.434 e. The van der Waals surface area contributed by atoms with Crippen LogP contribution in [0.4, 0.5) is 18.9 Å². The summed E-state index contributed by atoms with van der Waals surface area (Å²) in [6.45, 7) is 0. The fourth-order valence-corrected chi connectivity index (χ4v) is 3.48. The molecule has 5 aromatic rings. The Morgan fingerprint density at radius 2 is 1.86 bits per heavy atom. The first-order chi connectivity index (χ1) is 16.8. The zero-order valence-electron chi connectivity index (χ0n) is 17.3. The topological polar surface area (TPSA) is 117 Å². The fraction of sp³-hybridized carbons (Fsp3) is 0.0476. The molecule has 0 saturated carbocycles. The lowest BCUT2D eigenvalue weighted by molar-refractivity contribution is -0.143. The second-order valence-corrected chi connectivity index (χ2v) is 7.38. The Morgan fingerprint density at radius 3 is 2.54 bits per heavy atom. The van der Waals surface area contributed by atoms with Gasteiger partial charge in [0, 0.05) is 0 Å². The molecule has 0 fully saturated rings. The van der Waals surface area contributed by atoms with Gasteiger partial charge in [0.1, 0.15) is 5.69 Å². The summed E-state index contributed by atoms with van der Waals surface area (Å²) < 4.78 is 47.9. The minimum atomic E-state index is -4.92. The van der Waals surface area contributed by atoms with Gasteiger partial charge in [-0.1, -0.05) is 17.7 Å². The summed E-state index contributed by atoms with van der Waals surface area (Å²) in [5, 5.41) is 14.0. The normalized spacial score (nSPS) is 11.5. The quantitative estimate of drug-likeness (QED) is 0.379. The molecule has 1 amide bonds. The van der Waals surface area contributed by atoms with Gasteiger partial charge in [-0.25, -0.2) is 14.6 Å². The Morgan fingerprint density at radius 1 is 1.06 bits per heavy atom. The van der Waals surface area contributed by atoms with E-state index in [-0.39, 0.29) is 22.3 Å². The highest BCUT2D eigenvalue weighted by Crippen LogP contribution is 2.34. The smallest absolute Gasteiger partial charge is 0.434 e. The maximum atomic E-state index is 14.0. The van der Waals surface area contributed by atoms with E-state index in [9.17, 15) is 18.0 Å². The van der Waals surface area contributed by atoms with Gasteiger partial charge in [0.05, 0.1) is 47.3 Å². The van der Waals surface area contributed by atoms with Crippen molar-refractivity contribution in [3.05, 3.63) is 83.7 Å². The molecule has 5 heterocycles. The number of carbonyl (C=O) groups is 1. The molecule has 5 aromatic heterocycles. The Kier molecular flexibility index (Phi) is 5.53. The van der Waals surface area contributed by atoms with E-state index in [0.29, 0.717) is 16.1 Å². The van der Waals surface area contributed by atoms with E-state index in [1.807, 2.05) is 0 Å². The minimum absolute atomic E-state index is 0.0646. The predicted octanol–water partition coefficient (Wildman–Crippen LogP) is 4.43. The van der Waals surface area contributed by atoms with Crippen molar-refractivity contribution in [2.24, 2.45) is 0 Å². The Bertz CT molecular complexity index is 1500. The summed E-state index contributed by atoms with van der Waals surface area (Å²) in [7, 11) is 0. The van der Waals surface area contributed by atoms with Gasteiger partial charge in [-0.15, -0.1) is 4.80 Å². The van der Waals surface area contributed by atoms with Crippen molar-refractivity contribution in [3.63, 3.8) is 0 Å². The molecule has 0 aliphatic carbocycles. The zero-order valence-corrected chi connectivity index (χ0v) is 18.1. The molecule has 0 bridgehead atoms. The number of hydrogen-bond donors (Lipinski definition) is 1. The molecule has 0 aliphatic heterocycles. The Labute approximate surface area is 199 Å². The lowest BCUT2D eigenvalue weighted by Gasteiger charge is -2.13. The number of hydrogen-bond acceptors (Lipinski definition) is 7. The predicted molar refractivity (Wildman–Crippen MR) is 116 cm³/mol. The third-order valence-electron chi connectivity index (χ3n) is 4.70. The molecule has 10 nitrogen and oxygen atoms in total. The number of carbonyl (C=O) groups excluding carboxylic acids is 1. The van der Waals surface area contributed by atoms with E-state index < -0.39 is 23.3 Å². The van der Waals surface area contributed by atoms with Gasteiger partial charge in [0.2, 0.25) is 0 Å². The highest BCUT2D eigenvalue weighted by molar-refractivity contribution is 6.32. The molecule has 14 heteroatoms. The van der Waals surface area contributed by atoms with Gasteiger partial charge < -0.3 is 9.73 Å². The number of furan rings is 1. The van der Waals surface area contributed by atoms with E-state index in [0.717, 1.165) is 11.0 Å². The average Bonchev–Trinajstić information content (AvgIpc) is 3.60. The second-order valence-electron chi connectivity index (χ2n) is 6.98. The summed E-state index contributed by atoms with van der Waals surface area (Å²) in [6, 6.07) is 8.97. The monoisotopic (exact) mass is 500 g/mol. The third-order valence-corrected chi connectivity index (χ3v) is 4.97. The van der Waals surface area contributed by atoms with Crippen LogP contribution in [0.15, 0.2) is 71.9 Å². The van der Waals surface area contributed by atoms with E-state index in [4.69, 9.17) is 16.0 Å². The summed E-state index contributed by atoms with van der Waals surface area (Å²) in [6.07, 6.45) is 1.37. The highest BCUT2D eigenvalue weighted by atomic mass is 35.5. The van der Waals surface area contributed by atoms with Crippen molar-refractivity contribution < 1.29 is 22.4 Å². The number of pyridine rings is 2. The second kappa shape index (κ2) is 8.68. The molecule has 0 radical (unpaired) electrons. The fourth-order valence-electron chi connectivity index (χ4n) is 3.23. The van der Waals surface area contributed by atoms with Crippen molar-refractivity contribution >= 4 is 23.2 Å². The number of aromatic nitrogens is 7. The van der Waals surface area contributed by atoms with Crippen molar-refractivity contribution in [1.29, 1.82) is 0 Å². The Hall–Kier alpha value is -4.52. The van der Waals surface area contributed by atoms with Crippen molar-refractivity contribution in [2.45, 2.75) is 6.18 Å². The van der Waals surface area contributed by atoms with Gasteiger partial charge in [0.25, 0.3) is 5.91 Å². The summed E-state index contributed by atoms with van der Waals surface area (Å²) in [5.41, 5.74) is -1.64. The van der Waals surface area contributed by atoms with Crippen LogP contribution in [0.2, 0.25) is 5.02 Å². The van der Waals surface area contributed by atoms with Crippen LogP contribution in [0.25, 0.3) is 23.1 Å². The molecule has 176 valence electrons. The maximum absolute atomic E-state index is 14.0. The summed E-state index contributed by atoms with van der Waals surface area (Å²) in [4.78, 5) is 22.2. The lowest BCUT2D eigenvalue weighted by Crippen LogP contribution is -2.21. The van der Waals surface area contributed by atoms with Gasteiger partial charge in [0.15, 0.2) is 23.1 Å². The van der Waals surface area contributed by atoms with Crippen LogP contribution < -0.4 is 5.32 Å². The van der Waals surface area contributed by atoms with Crippen molar-refractivity contribution in [3.8, 4) is 23.1 Å². The molecule has 0 spiro atoms. The standard InChI is InChI=1S/C21H12ClF3N8O2/c22-14-9-12(10-26-19(14)33-27-6-7-28-33)30-20(34)13-11-29-32(18(13)21(23,24)25)17-5-1-3-15(31-17)16-4-2-8-35-16/h1-11H,(H,30,34). The van der Waals surface area contributed by atoms with Gasteiger partial charge >= 0.3 is 6.18 Å². The third kappa shape index (κ3) is 4.36. The molecule has 5 rings (SSSR count). The van der Waals surface area contributed by atoms with Crippen molar-refractivity contribution in [1.82, 2.24) is 34.7 Å². The molecular weight excluding hydrogens is 489 g/mol. The van der Waals surface area contributed by atoms with Crippen LogP contribution in [0.3, 0.4) is 0 Å². The largest absolute Gasteiger partial charge is 0.463 e. The number of rotatable bonds is 5. The van der Waals surface area contributed by atoms with Gasteiger partial charge in [-0.3, -0.25) is 4.79 Å². The minimum Gasteiger partial charge on any atom is -0.463 e. The Balaban J connectivity index is 1.48. The zero-order chi connectivity index (χ0) is 24.6. The lowest BCUT2D eigenvalue weighted by atomic mass is 10.2. The van der Waals surface area contributed by atoms with E-state index >= 15 is 0 Å². The molecular formula is C21H12ClF3N8O2. The first-order valence-electron chi connectivity index (χ1n) is 9.81. The number of nitrogens with zero attached hydrogens (tertiary/aromatic N) is 7. The average molecular weight is 501 g/mol. The van der Waals surface area contributed by atoms with E-state index in [1.165, 1.54) is 43.1 Å². The van der Waals surface area contributed by atoms with Crippen LogP contribution >= 0.6 is 11.6 Å². The first-order valence-corrected chi connectivity index (χ1v) is 10.2. The van der Waals surface area contributed by atoms with Crippen LogP contribution in [0, 0.1) is 0 Å². The van der Waals surface area contributed by atoms with Gasteiger partial charge in [-0.2, -0.15) is 28.5 Å². The van der Waals surface area contributed by atoms with Crippen LogP contribution in [0.5, 0.6) is 0 Å². The molecule has 35 heavy (non-hydrogen) atoms. The van der Waals surface area contributed by atoms with E-state index in [1.54, 1.807) is 18.2 Å². The van der Waals surface area contributed by atoms with Gasteiger partial charge in [-0.05, 0) is 30.3 Å². The molecule has 0 aromatic carbocycles. The van der Waals surface area contributed by atoms with E-state index in [2.05, 4.69) is 30.6 Å². The molecule has 1 N–H and O–H groups in total. The van der Waals surface area contributed by atoms with Crippen LogP contribution in [-0.2, 0) is 6.18 Å². The van der Waals surface area contributed by atoms with Crippen molar-refractivity contribution in [2.75, 3.05) is 5.32 Å². The number of halogens is 4. The highest BCUT2D eigenvalue weighted by Gasteiger charge is 2.41. The molecule has 0 unspecified atom stereocenters. The number of nitrogens with one attached hydrogen (secondary N) is 1. The first kappa shape index (κ1) is 22.3. The van der Waals surface area contributed by atoms with Crippen LogP contribution in [-0.4, -0.2) is 40.6 Å².